The number of sulfonamides is 1. The van der Waals surface area contributed by atoms with Crippen LogP contribution >= 0.6 is 0 Å². The molecular weight excluding hydrogens is 268 g/mol. The zero-order chi connectivity index (χ0) is 13.9. The van der Waals surface area contributed by atoms with Crippen molar-refractivity contribution >= 4 is 21.5 Å². The van der Waals surface area contributed by atoms with Gasteiger partial charge < -0.3 is 10.1 Å². The number of carbonyl (C=O) groups is 1. The second-order valence-corrected chi connectivity index (χ2v) is 6.05. The molecule has 0 saturated heterocycles. The van der Waals surface area contributed by atoms with E-state index in [1.165, 1.54) is 19.1 Å². The molecule has 0 saturated carbocycles. The number of carbonyl (C=O) groups excluding carboxylic acids is 1. The molecule has 104 valence electrons. The van der Waals surface area contributed by atoms with Gasteiger partial charge >= 0.3 is 0 Å². The fourth-order valence-corrected chi connectivity index (χ4v) is 2.79. The monoisotopic (exact) mass is 284 g/mol. The van der Waals surface area contributed by atoms with Gasteiger partial charge in [0.25, 0.3) is 0 Å². The first-order valence-electron chi connectivity index (χ1n) is 5.99. The second kappa shape index (κ2) is 5.58. The van der Waals surface area contributed by atoms with Crippen LogP contribution in [0.15, 0.2) is 23.1 Å². The standard InChI is InChI=1S/C12H16N2O4S/c1-9(15)4-5-14-19(16,17)10-2-3-12-11(8-10)13-6-7-18-12/h2-3,8,13-14H,4-7H2,1H3. The van der Waals surface area contributed by atoms with Crippen molar-refractivity contribution in [1.29, 1.82) is 0 Å². The lowest BCUT2D eigenvalue weighted by Gasteiger charge is -2.19. The second-order valence-electron chi connectivity index (χ2n) is 4.28. The van der Waals surface area contributed by atoms with Crippen LogP contribution in [0.4, 0.5) is 5.69 Å². The molecule has 0 radical (unpaired) electrons. The number of hydrogen-bond donors (Lipinski definition) is 2. The van der Waals surface area contributed by atoms with Gasteiger partial charge in [0.05, 0.1) is 10.6 Å². The molecule has 6 nitrogen and oxygen atoms in total. The summed E-state index contributed by atoms with van der Waals surface area (Å²) in [6.45, 7) is 2.75. The number of hydrogen-bond acceptors (Lipinski definition) is 5. The Hall–Kier alpha value is -1.60. The van der Waals surface area contributed by atoms with E-state index in [0.717, 1.165) is 0 Å². The predicted molar refractivity (Wildman–Crippen MR) is 70.9 cm³/mol. The zero-order valence-corrected chi connectivity index (χ0v) is 11.4. The lowest BCUT2D eigenvalue weighted by Crippen LogP contribution is -2.26. The van der Waals surface area contributed by atoms with Gasteiger partial charge in [-0.25, -0.2) is 13.1 Å². The van der Waals surface area contributed by atoms with E-state index in [9.17, 15) is 13.2 Å². The molecule has 7 heteroatoms. The summed E-state index contributed by atoms with van der Waals surface area (Å²) in [5.74, 6) is 0.595. The topological polar surface area (TPSA) is 84.5 Å². The van der Waals surface area contributed by atoms with Crippen LogP contribution in [0.2, 0.25) is 0 Å². The third kappa shape index (κ3) is 3.45. The van der Waals surface area contributed by atoms with Crippen molar-refractivity contribution in [2.75, 3.05) is 25.0 Å². The number of rotatable bonds is 5. The van der Waals surface area contributed by atoms with Crippen LogP contribution in [0.25, 0.3) is 0 Å². The lowest BCUT2D eigenvalue weighted by molar-refractivity contribution is -0.116. The molecule has 0 fully saturated rings. The van der Waals surface area contributed by atoms with E-state index in [1.54, 1.807) is 6.07 Å². The summed E-state index contributed by atoms with van der Waals surface area (Å²) in [6, 6.07) is 4.65. The van der Waals surface area contributed by atoms with E-state index < -0.39 is 10.0 Å². The Kier molecular flexibility index (Phi) is 4.06. The Bertz CT molecular complexity index is 583. The molecule has 2 rings (SSSR count). The third-order valence-electron chi connectivity index (χ3n) is 2.71. The highest BCUT2D eigenvalue weighted by Gasteiger charge is 2.17. The summed E-state index contributed by atoms with van der Waals surface area (Å²) in [5, 5.41) is 3.08. The van der Waals surface area contributed by atoms with Gasteiger partial charge in [-0.2, -0.15) is 0 Å². The van der Waals surface area contributed by atoms with Crippen LogP contribution in [0.5, 0.6) is 5.75 Å². The van der Waals surface area contributed by atoms with Crippen LogP contribution < -0.4 is 14.8 Å². The molecule has 1 aromatic carbocycles. The number of Topliss-reactive ketones (excluding diaryl/α,β-unsaturated/α-hetero) is 1. The Morgan fingerprint density at radius 2 is 2.26 bits per heavy atom. The largest absolute Gasteiger partial charge is 0.490 e. The molecule has 1 aliphatic heterocycles. The number of benzene rings is 1. The van der Waals surface area contributed by atoms with Gasteiger partial charge in [0, 0.05) is 19.5 Å². The number of ketones is 1. The van der Waals surface area contributed by atoms with Gasteiger partial charge in [-0.15, -0.1) is 0 Å². The van der Waals surface area contributed by atoms with E-state index in [-0.39, 0.29) is 23.6 Å². The predicted octanol–water partition coefficient (Wildman–Crippen LogP) is 0.748. The molecule has 1 aromatic rings. The molecule has 0 spiro atoms. The summed E-state index contributed by atoms with van der Waals surface area (Å²) in [7, 11) is -3.59. The van der Waals surface area contributed by atoms with E-state index >= 15 is 0 Å². The molecule has 0 aromatic heterocycles. The van der Waals surface area contributed by atoms with Crippen molar-refractivity contribution in [2.45, 2.75) is 18.2 Å². The van der Waals surface area contributed by atoms with Gasteiger partial charge in [0.1, 0.15) is 18.1 Å². The molecule has 0 aliphatic carbocycles. The highest BCUT2D eigenvalue weighted by atomic mass is 32.2. The van der Waals surface area contributed by atoms with E-state index in [1.807, 2.05) is 0 Å². The molecule has 0 unspecified atom stereocenters. The maximum Gasteiger partial charge on any atom is 0.240 e. The Morgan fingerprint density at radius 1 is 1.47 bits per heavy atom. The average Bonchev–Trinajstić information content (AvgIpc) is 2.37. The quantitative estimate of drug-likeness (QED) is 0.833. The molecule has 1 aliphatic rings. The van der Waals surface area contributed by atoms with Gasteiger partial charge in [0.2, 0.25) is 10.0 Å². The maximum atomic E-state index is 12.0. The highest BCUT2D eigenvalue weighted by molar-refractivity contribution is 7.89. The zero-order valence-electron chi connectivity index (χ0n) is 10.6. The number of fused-ring (bicyclic) bond motifs is 1. The maximum absolute atomic E-state index is 12.0. The van der Waals surface area contributed by atoms with Crippen LogP contribution in [0.1, 0.15) is 13.3 Å². The minimum atomic E-state index is -3.59. The van der Waals surface area contributed by atoms with E-state index in [2.05, 4.69) is 10.0 Å². The van der Waals surface area contributed by atoms with Crippen molar-refractivity contribution in [1.82, 2.24) is 4.72 Å². The first-order valence-corrected chi connectivity index (χ1v) is 7.47. The molecule has 0 atom stereocenters. The van der Waals surface area contributed by atoms with Crippen LogP contribution in [0, 0.1) is 0 Å². The third-order valence-corrected chi connectivity index (χ3v) is 4.16. The summed E-state index contributed by atoms with van der Waals surface area (Å²) in [5.41, 5.74) is 0.667. The van der Waals surface area contributed by atoms with Crippen molar-refractivity contribution in [3.05, 3.63) is 18.2 Å². The van der Waals surface area contributed by atoms with Gasteiger partial charge in [-0.3, -0.25) is 4.79 Å². The normalized spacial score (nSPS) is 14.2. The lowest BCUT2D eigenvalue weighted by atomic mass is 10.2. The molecule has 1 heterocycles. The summed E-state index contributed by atoms with van der Waals surface area (Å²) in [4.78, 5) is 11.0. The average molecular weight is 284 g/mol. The van der Waals surface area contributed by atoms with Crippen LogP contribution in [0.3, 0.4) is 0 Å². The summed E-state index contributed by atoms with van der Waals surface area (Å²) in [6.07, 6.45) is 0.186. The molecule has 0 bridgehead atoms. The minimum Gasteiger partial charge on any atom is -0.490 e. The molecule has 2 N–H and O–H groups in total. The minimum absolute atomic E-state index is 0.0526. The van der Waals surface area contributed by atoms with Crippen LogP contribution in [-0.2, 0) is 14.8 Å². The van der Waals surface area contributed by atoms with E-state index in [4.69, 9.17) is 4.74 Å². The summed E-state index contributed by atoms with van der Waals surface area (Å²) < 4.78 is 31.8. The first-order chi connectivity index (χ1) is 8.99. The van der Waals surface area contributed by atoms with Crippen molar-refractivity contribution in [2.24, 2.45) is 0 Å². The number of anilines is 1. The van der Waals surface area contributed by atoms with Crippen molar-refractivity contribution in [3.8, 4) is 5.75 Å². The summed E-state index contributed by atoms with van der Waals surface area (Å²) >= 11 is 0. The fourth-order valence-electron chi connectivity index (χ4n) is 1.73. The van der Waals surface area contributed by atoms with Gasteiger partial charge in [0.15, 0.2) is 0 Å². The fraction of sp³-hybridized carbons (Fsp3) is 0.417. The SMILES string of the molecule is CC(=O)CCNS(=O)(=O)c1ccc2c(c1)NCCO2. The Morgan fingerprint density at radius 3 is 3.00 bits per heavy atom. The smallest absolute Gasteiger partial charge is 0.240 e. The van der Waals surface area contributed by atoms with Crippen molar-refractivity contribution < 1.29 is 17.9 Å². The first kappa shape index (κ1) is 13.8. The molecule has 19 heavy (non-hydrogen) atoms. The Balaban J connectivity index is 2.14. The molecule has 0 amide bonds. The highest BCUT2D eigenvalue weighted by Crippen LogP contribution is 2.29. The van der Waals surface area contributed by atoms with Gasteiger partial charge in [-0.1, -0.05) is 0 Å². The Labute approximate surface area is 112 Å². The van der Waals surface area contributed by atoms with Crippen molar-refractivity contribution in [3.63, 3.8) is 0 Å². The number of ether oxygens (including phenoxy) is 1. The van der Waals surface area contributed by atoms with Gasteiger partial charge in [-0.05, 0) is 25.1 Å². The number of nitrogens with one attached hydrogen (secondary N) is 2. The van der Waals surface area contributed by atoms with Crippen LogP contribution in [-0.4, -0.2) is 33.9 Å². The van der Waals surface area contributed by atoms with E-state index in [0.29, 0.717) is 24.6 Å². The molecular formula is C12H16N2O4S.